The van der Waals surface area contributed by atoms with Gasteiger partial charge in [0.1, 0.15) is 18.1 Å². The molecule has 9 heteroatoms. The van der Waals surface area contributed by atoms with E-state index in [0.717, 1.165) is 39.8 Å². The molecule has 0 heterocycles. The number of aryl methyl sites for hydroxylation is 2. The summed E-state index contributed by atoms with van der Waals surface area (Å²) < 4.78 is 31.0. The molecule has 0 aliphatic rings. The first kappa shape index (κ1) is 26.5. The lowest BCUT2D eigenvalue weighted by molar-refractivity contribution is 0.172. The van der Waals surface area contributed by atoms with Crippen LogP contribution in [0, 0.1) is 13.8 Å². The number of anilines is 1. The molecule has 8 nitrogen and oxygen atoms in total. The lowest BCUT2D eigenvalue weighted by Crippen LogP contribution is -2.26. The van der Waals surface area contributed by atoms with Crippen LogP contribution in [0.4, 0.5) is 5.69 Å². The van der Waals surface area contributed by atoms with E-state index in [4.69, 9.17) is 4.74 Å². The number of hydrogen-bond acceptors (Lipinski definition) is 7. The molecule has 0 bridgehead atoms. The molecule has 5 N–H and O–H groups in total. The molecule has 0 unspecified atom stereocenters. The lowest BCUT2D eigenvalue weighted by atomic mass is 9.95. The predicted octanol–water partition coefficient (Wildman–Crippen LogP) is 3.24. The maximum Gasteiger partial charge on any atom is 0.229 e. The Balaban J connectivity index is 1.52. The second-order valence-electron chi connectivity index (χ2n) is 8.51. The summed E-state index contributed by atoms with van der Waals surface area (Å²) >= 11 is 0. The Hall–Kier alpha value is -3.11. The highest BCUT2D eigenvalue weighted by molar-refractivity contribution is 7.92. The number of benzene rings is 3. The average Bonchev–Trinajstić information content (AvgIpc) is 2.79. The third-order valence-electron chi connectivity index (χ3n) is 5.52. The van der Waals surface area contributed by atoms with Gasteiger partial charge in [0.2, 0.25) is 10.0 Å². The van der Waals surface area contributed by atoms with Gasteiger partial charge in [-0.05, 0) is 71.5 Å². The monoisotopic (exact) mass is 500 g/mol. The smallest absolute Gasteiger partial charge is 0.229 e. The van der Waals surface area contributed by atoms with Crippen LogP contribution >= 0.6 is 0 Å². The topological polar surface area (TPSA) is 128 Å². The summed E-state index contributed by atoms with van der Waals surface area (Å²) in [4.78, 5) is 0. The van der Waals surface area contributed by atoms with Gasteiger partial charge in [0.05, 0.1) is 24.7 Å². The normalized spacial score (nSPS) is 12.4. The number of aliphatic hydroxyl groups excluding tert-OH is 2. The molecule has 1 atom stereocenters. The first-order chi connectivity index (χ1) is 16.6. The van der Waals surface area contributed by atoms with Crippen LogP contribution in [0.5, 0.6) is 11.5 Å². The summed E-state index contributed by atoms with van der Waals surface area (Å²) in [6, 6.07) is 16.1. The van der Waals surface area contributed by atoms with Gasteiger partial charge in [-0.15, -0.1) is 0 Å². The summed E-state index contributed by atoms with van der Waals surface area (Å²) in [5.41, 5.74) is 5.77. The average molecular weight is 501 g/mol. The molecule has 0 fully saturated rings. The van der Waals surface area contributed by atoms with Crippen molar-refractivity contribution in [3.63, 3.8) is 0 Å². The van der Waals surface area contributed by atoms with Crippen molar-refractivity contribution in [3.8, 4) is 22.6 Å². The second kappa shape index (κ2) is 11.5. The van der Waals surface area contributed by atoms with Crippen LogP contribution in [-0.4, -0.2) is 49.7 Å². The maximum atomic E-state index is 11.4. The van der Waals surface area contributed by atoms with Gasteiger partial charge in [0.15, 0.2) is 0 Å². The number of phenols is 1. The first-order valence-electron chi connectivity index (χ1n) is 11.2. The molecule has 3 aromatic rings. The van der Waals surface area contributed by atoms with Crippen molar-refractivity contribution < 1.29 is 28.5 Å². The molecular weight excluding hydrogens is 468 g/mol. The van der Waals surface area contributed by atoms with Gasteiger partial charge >= 0.3 is 0 Å². The largest absolute Gasteiger partial charge is 0.506 e. The lowest BCUT2D eigenvalue weighted by Gasteiger charge is -2.16. The van der Waals surface area contributed by atoms with E-state index >= 15 is 0 Å². The number of ether oxygens (including phenoxy) is 1. The van der Waals surface area contributed by atoms with Crippen molar-refractivity contribution in [1.82, 2.24) is 5.32 Å². The predicted molar refractivity (Wildman–Crippen MR) is 137 cm³/mol. The highest BCUT2D eigenvalue weighted by Crippen LogP contribution is 2.31. The van der Waals surface area contributed by atoms with Gasteiger partial charge in [0.25, 0.3) is 0 Å². The maximum absolute atomic E-state index is 11.4. The minimum Gasteiger partial charge on any atom is -0.506 e. The van der Waals surface area contributed by atoms with Crippen LogP contribution in [0.15, 0.2) is 54.6 Å². The van der Waals surface area contributed by atoms with E-state index in [1.807, 2.05) is 50.2 Å². The van der Waals surface area contributed by atoms with Crippen molar-refractivity contribution in [2.24, 2.45) is 0 Å². The van der Waals surface area contributed by atoms with Crippen LogP contribution in [0.25, 0.3) is 11.1 Å². The minimum atomic E-state index is -3.55. The van der Waals surface area contributed by atoms with Gasteiger partial charge in [-0.25, -0.2) is 8.42 Å². The van der Waals surface area contributed by atoms with Crippen LogP contribution in [0.3, 0.4) is 0 Å². The number of rotatable bonds is 11. The standard InChI is InChI=1S/C26H32N2O6S/c1-17-12-22(13-18(2)26(17)20-6-4-19(16-29)5-7-20)34-11-10-27-15-25(31)21-8-9-24(30)23(14-21)28-35(3,32)33/h4-9,12-14,25,27-31H,10-11,15-16H2,1-3H3/t25-/m0/s1. The molecule has 0 saturated carbocycles. The van der Waals surface area contributed by atoms with Crippen LogP contribution < -0.4 is 14.8 Å². The quantitative estimate of drug-likeness (QED) is 0.202. The second-order valence-corrected chi connectivity index (χ2v) is 10.3. The minimum absolute atomic E-state index is 0.0194. The molecule has 0 radical (unpaired) electrons. The van der Waals surface area contributed by atoms with E-state index in [0.29, 0.717) is 18.7 Å². The zero-order valence-electron chi connectivity index (χ0n) is 20.1. The zero-order chi connectivity index (χ0) is 25.6. The van der Waals surface area contributed by atoms with Crippen LogP contribution in [-0.2, 0) is 16.6 Å². The van der Waals surface area contributed by atoms with E-state index < -0.39 is 16.1 Å². The van der Waals surface area contributed by atoms with Gasteiger partial charge in [-0.2, -0.15) is 0 Å². The summed E-state index contributed by atoms with van der Waals surface area (Å²) in [5.74, 6) is 0.541. The van der Waals surface area contributed by atoms with Crippen molar-refractivity contribution in [2.45, 2.75) is 26.6 Å². The SMILES string of the molecule is Cc1cc(OCCNC[C@H](O)c2ccc(O)c(NS(C)(=O)=O)c2)cc(C)c1-c1ccc(CO)cc1. The molecule has 0 spiro atoms. The number of hydrogen-bond donors (Lipinski definition) is 5. The van der Waals surface area contributed by atoms with E-state index in [1.54, 1.807) is 0 Å². The molecule has 0 saturated heterocycles. The molecule has 0 aliphatic heterocycles. The van der Waals surface area contributed by atoms with Crippen molar-refractivity contribution >= 4 is 15.7 Å². The van der Waals surface area contributed by atoms with E-state index in [2.05, 4.69) is 10.0 Å². The molecule has 3 aromatic carbocycles. The van der Waals surface area contributed by atoms with Gasteiger partial charge in [-0.1, -0.05) is 30.3 Å². The number of phenolic OH excluding ortho intramolecular Hbond substituents is 1. The van der Waals surface area contributed by atoms with Gasteiger partial charge < -0.3 is 25.4 Å². The Morgan fingerprint density at radius 2 is 1.66 bits per heavy atom. The Morgan fingerprint density at radius 1 is 1.00 bits per heavy atom. The number of aliphatic hydroxyl groups is 2. The first-order valence-corrected chi connectivity index (χ1v) is 13.1. The molecule has 188 valence electrons. The summed E-state index contributed by atoms with van der Waals surface area (Å²) in [7, 11) is -3.55. The fraction of sp³-hybridized carbons (Fsp3) is 0.308. The highest BCUT2D eigenvalue weighted by Gasteiger charge is 2.13. The van der Waals surface area contributed by atoms with Crippen molar-refractivity contribution in [3.05, 3.63) is 76.9 Å². The Bertz CT molecular complexity index is 1240. The van der Waals surface area contributed by atoms with Crippen LogP contribution in [0.2, 0.25) is 0 Å². The number of aromatic hydroxyl groups is 1. The highest BCUT2D eigenvalue weighted by atomic mass is 32.2. The molecule has 35 heavy (non-hydrogen) atoms. The fourth-order valence-corrected chi connectivity index (χ4v) is 4.44. The fourth-order valence-electron chi connectivity index (χ4n) is 3.88. The molecule has 0 amide bonds. The summed E-state index contributed by atoms with van der Waals surface area (Å²) in [6.07, 6.45) is 0.0971. The van der Waals surface area contributed by atoms with Crippen LogP contribution in [0.1, 0.15) is 28.4 Å². The van der Waals surface area contributed by atoms with Crippen molar-refractivity contribution in [1.29, 1.82) is 0 Å². The third-order valence-corrected chi connectivity index (χ3v) is 6.11. The van der Waals surface area contributed by atoms with Gasteiger partial charge in [0, 0.05) is 13.1 Å². The summed E-state index contributed by atoms with van der Waals surface area (Å²) in [5, 5.41) is 32.6. The molecule has 0 aromatic heterocycles. The van der Waals surface area contributed by atoms with E-state index in [9.17, 15) is 23.7 Å². The number of sulfonamides is 1. The molecule has 3 rings (SSSR count). The van der Waals surface area contributed by atoms with E-state index in [-0.39, 0.29) is 24.6 Å². The Labute approximate surface area is 206 Å². The zero-order valence-corrected chi connectivity index (χ0v) is 20.9. The Kier molecular flexibility index (Phi) is 8.74. The molecule has 0 aliphatic carbocycles. The van der Waals surface area contributed by atoms with Gasteiger partial charge in [-0.3, -0.25) is 4.72 Å². The Morgan fingerprint density at radius 3 is 2.26 bits per heavy atom. The summed E-state index contributed by atoms with van der Waals surface area (Å²) in [6.45, 7) is 5.21. The van der Waals surface area contributed by atoms with E-state index in [1.165, 1.54) is 18.2 Å². The molecular formula is C26H32N2O6S. The number of nitrogens with one attached hydrogen (secondary N) is 2. The third kappa shape index (κ3) is 7.43. The van der Waals surface area contributed by atoms with Crippen molar-refractivity contribution in [2.75, 3.05) is 30.7 Å².